The van der Waals surface area contributed by atoms with Crippen LogP contribution in [-0.4, -0.2) is 25.8 Å². The van der Waals surface area contributed by atoms with Gasteiger partial charge in [-0.05, 0) is 31.0 Å². The SMILES string of the molecule is O=Cc1ccc(-c2nc3cnc4[nH]ccc4c3n2C2CCCCC2)o1. The molecule has 0 spiro atoms. The molecule has 4 aromatic heterocycles. The molecule has 6 heteroatoms. The molecule has 1 saturated carbocycles. The highest BCUT2D eigenvalue weighted by molar-refractivity contribution is 6.02. The van der Waals surface area contributed by atoms with Gasteiger partial charge < -0.3 is 14.0 Å². The number of hydrogen-bond donors (Lipinski definition) is 1. The second kappa shape index (κ2) is 5.58. The van der Waals surface area contributed by atoms with Gasteiger partial charge in [-0.1, -0.05) is 19.3 Å². The average Bonchev–Trinajstić information content (AvgIpc) is 3.38. The van der Waals surface area contributed by atoms with Crippen LogP contribution in [0.25, 0.3) is 33.7 Å². The van der Waals surface area contributed by atoms with Crippen molar-refractivity contribution in [1.29, 1.82) is 0 Å². The molecular formula is C19H18N4O2. The number of furan rings is 1. The molecule has 0 unspecified atom stereocenters. The number of H-pyrrole nitrogens is 1. The lowest BCUT2D eigenvalue weighted by molar-refractivity contribution is 0.110. The molecule has 0 aromatic carbocycles. The lowest BCUT2D eigenvalue weighted by Gasteiger charge is -2.25. The zero-order valence-corrected chi connectivity index (χ0v) is 13.7. The smallest absolute Gasteiger partial charge is 0.185 e. The summed E-state index contributed by atoms with van der Waals surface area (Å²) in [5, 5.41) is 1.07. The normalized spacial score (nSPS) is 16.0. The summed E-state index contributed by atoms with van der Waals surface area (Å²) in [7, 11) is 0. The second-order valence-corrected chi connectivity index (χ2v) is 6.65. The molecule has 4 aromatic rings. The molecule has 1 fully saturated rings. The Bertz CT molecular complexity index is 1070. The Morgan fingerprint density at radius 1 is 1.20 bits per heavy atom. The predicted molar refractivity (Wildman–Crippen MR) is 94.6 cm³/mol. The number of carbonyl (C=O) groups is 1. The van der Waals surface area contributed by atoms with Gasteiger partial charge in [-0.25, -0.2) is 9.97 Å². The van der Waals surface area contributed by atoms with Gasteiger partial charge in [0, 0.05) is 17.6 Å². The summed E-state index contributed by atoms with van der Waals surface area (Å²) in [5.41, 5.74) is 2.82. The Labute approximate surface area is 143 Å². The highest BCUT2D eigenvalue weighted by atomic mass is 16.3. The van der Waals surface area contributed by atoms with Crippen molar-refractivity contribution in [3.63, 3.8) is 0 Å². The lowest BCUT2D eigenvalue weighted by atomic mass is 9.95. The summed E-state index contributed by atoms with van der Waals surface area (Å²) < 4.78 is 8.00. The summed E-state index contributed by atoms with van der Waals surface area (Å²) in [6.07, 6.45) is 10.4. The fourth-order valence-corrected chi connectivity index (χ4v) is 4.00. The lowest BCUT2D eigenvalue weighted by Crippen LogP contribution is -2.14. The topological polar surface area (TPSA) is 76.7 Å². The van der Waals surface area contributed by atoms with Gasteiger partial charge >= 0.3 is 0 Å². The van der Waals surface area contributed by atoms with Crippen molar-refractivity contribution < 1.29 is 9.21 Å². The fourth-order valence-electron chi connectivity index (χ4n) is 4.00. The fraction of sp³-hybridized carbons (Fsp3) is 0.316. The second-order valence-electron chi connectivity index (χ2n) is 6.65. The quantitative estimate of drug-likeness (QED) is 0.560. The van der Waals surface area contributed by atoms with Gasteiger partial charge in [0.25, 0.3) is 0 Å². The van der Waals surface area contributed by atoms with Gasteiger partial charge in [0.15, 0.2) is 23.6 Å². The van der Waals surface area contributed by atoms with Crippen molar-refractivity contribution in [1.82, 2.24) is 19.5 Å². The summed E-state index contributed by atoms with van der Waals surface area (Å²) in [6.45, 7) is 0. The van der Waals surface area contributed by atoms with E-state index in [1.165, 1.54) is 19.3 Å². The van der Waals surface area contributed by atoms with E-state index in [1.807, 2.05) is 12.3 Å². The number of rotatable bonds is 3. The number of aldehydes is 1. The first-order chi connectivity index (χ1) is 12.3. The molecule has 0 aliphatic heterocycles. The number of carbonyl (C=O) groups excluding carboxylic acids is 1. The molecule has 25 heavy (non-hydrogen) atoms. The van der Waals surface area contributed by atoms with E-state index in [9.17, 15) is 4.79 Å². The van der Waals surface area contributed by atoms with E-state index in [1.54, 1.807) is 12.3 Å². The molecule has 1 aliphatic rings. The highest BCUT2D eigenvalue weighted by Gasteiger charge is 2.25. The van der Waals surface area contributed by atoms with Gasteiger partial charge in [0.1, 0.15) is 11.2 Å². The van der Waals surface area contributed by atoms with Crippen molar-refractivity contribution in [2.24, 2.45) is 0 Å². The first kappa shape index (κ1) is 14.5. The molecule has 0 amide bonds. The van der Waals surface area contributed by atoms with Crippen LogP contribution in [0.2, 0.25) is 0 Å². The molecule has 0 bridgehead atoms. The van der Waals surface area contributed by atoms with Gasteiger partial charge in [0.2, 0.25) is 0 Å². The zero-order chi connectivity index (χ0) is 16.8. The van der Waals surface area contributed by atoms with Crippen molar-refractivity contribution in [2.75, 3.05) is 0 Å². The van der Waals surface area contributed by atoms with Crippen LogP contribution in [-0.2, 0) is 0 Å². The molecule has 4 heterocycles. The molecule has 5 rings (SSSR count). The van der Waals surface area contributed by atoms with Crippen LogP contribution in [0.4, 0.5) is 0 Å². The Morgan fingerprint density at radius 2 is 2.08 bits per heavy atom. The molecule has 126 valence electrons. The summed E-state index contributed by atoms with van der Waals surface area (Å²) in [6, 6.07) is 5.95. The monoisotopic (exact) mass is 334 g/mol. The van der Waals surface area contributed by atoms with Crippen LogP contribution in [0, 0.1) is 0 Å². The van der Waals surface area contributed by atoms with Gasteiger partial charge in [-0.15, -0.1) is 0 Å². The molecule has 0 saturated heterocycles. The standard InChI is InChI=1S/C19H18N4O2/c24-11-13-6-7-16(25-13)19-22-15-10-21-18-14(8-9-20-18)17(15)23(19)12-4-2-1-3-5-12/h6-12H,1-5H2,(H,20,21). The van der Waals surface area contributed by atoms with E-state index >= 15 is 0 Å². The predicted octanol–water partition coefficient (Wildman–Crippen LogP) is 4.49. The maximum absolute atomic E-state index is 11.0. The third-order valence-electron chi connectivity index (χ3n) is 5.14. The first-order valence-corrected chi connectivity index (χ1v) is 8.74. The Balaban J connectivity index is 1.81. The Kier molecular flexibility index (Phi) is 3.23. The van der Waals surface area contributed by atoms with E-state index in [2.05, 4.69) is 20.6 Å². The Morgan fingerprint density at radius 3 is 2.88 bits per heavy atom. The number of imidazole rings is 1. The average molecular weight is 334 g/mol. The molecule has 6 nitrogen and oxygen atoms in total. The minimum Gasteiger partial charge on any atom is -0.450 e. The maximum Gasteiger partial charge on any atom is 0.185 e. The molecule has 1 aliphatic carbocycles. The van der Waals surface area contributed by atoms with E-state index in [0.29, 0.717) is 17.6 Å². The van der Waals surface area contributed by atoms with Crippen LogP contribution < -0.4 is 0 Å². The summed E-state index contributed by atoms with van der Waals surface area (Å²) in [5.74, 6) is 1.74. The molecule has 1 N–H and O–H groups in total. The minimum atomic E-state index is 0.321. The van der Waals surface area contributed by atoms with Crippen LogP contribution in [0.15, 0.2) is 35.0 Å². The third-order valence-corrected chi connectivity index (χ3v) is 5.14. The molecule has 0 atom stereocenters. The minimum absolute atomic E-state index is 0.321. The van der Waals surface area contributed by atoms with Crippen molar-refractivity contribution in [3.05, 3.63) is 36.4 Å². The van der Waals surface area contributed by atoms with Gasteiger partial charge in [-0.3, -0.25) is 4.79 Å². The summed E-state index contributed by atoms with van der Waals surface area (Å²) >= 11 is 0. The maximum atomic E-state index is 11.0. The number of aromatic amines is 1. The first-order valence-electron chi connectivity index (χ1n) is 8.74. The number of nitrogens with zero attached hydrogens (tertiary/aromatic N) is 3. The van der Waals surface area contributed by atoms with E-state index in [0.717, 1.165) is 47.0 Å². The summed E-state index contributed by atoms with van der Waals surface area (Å²) in [4.78, 5) is 23.5. The zero-order valence-electron chi connectivity index (χ0n) is 13.7. The van der Waals surface area contributed by atoms with E-state index in [-0.39, 0.29) is 0 Å². The van der Waals surface area contributed by atoms with Crippen molar-refractivity contribution in [2.45, 2.75) is 38.1 Å². The number of fused-ring (bicyclic) bond motifs is 3. The molecular weight excluding hydrogens is 316 g/mol. The third kappa shape index (κ3) is 2.21. The number of aromatic nitrogens is 4. The van der Waals surface area contributed by atoms with Crippen molar-refractivity contribution in [3.8, 4) is 11.6 Å². The van der Waals surface area contributed by atoms with Crippen molar-refractivity contribution >= 4 is 28.4 Å². The van der Waals surface area contributed by atoms with Crippen LogP contribution in [0.5, 0.6) is 0 Å². The number of pyridine rings is 1. The largest absolute Gasteiger partial charge is 0.450 e. The van der Waals surface area contributed by atoms with Gasteiger partial charge in [-0.2, -0.15) is 0 Å². The van der Waals surface area contributed by atoms with Crippen LogP contribution in [0.3, 0.4) is 0 Å². The van der Waals surface area contributed by atoms with Crippen LogP contribution in [0.1, 0.15) is 48.7 Å². The molecule has 0 radical (unpaired) electrons. The van der Waals surface area contributed by atoms with Gasteiger partial charge in [0.05, 0.1) is 11.7 Å². The van der Waals surface area contributed by atoms with Crippen LogP contribution >= 0.6 is 0 Å². The van der Waals surface area contributed by atoms with E-state index < -0.39 is 0 Å². The highest BCUT2D eigenvalue weighted by Crippen LogP contribution is 2.38. The number of hydrogen-bond acceptors (Lipinski definition) is 4. The van der Waals surface area contributed by atoms with E-state index in [4.69, 9.17) is 9.40 Å². The Hall–Kier alpha value is -2.89. The number of nitrogens with one attached hydrogen (secondary N) is 1.